The molecule has 3 aromatic rings. The third-order valence-electron chi connectivity index (χ3n) is 9.98. The molecule has 0 amide bonds. The summed E-state index contributed by atoms with van der Waals surface area (Å²) in [7, 11) is 0. The lowest BCUT2D eigenvalue weighted by Crippen LogP contribution is -2.49. The van der Waals surface area contributed by atoms with Crippen molar-refractivity contribution in [3.8, 4) is 11.8 Å². The third-order valence-corrected chi connectivity index (χ3v) is 10.8. The SMILES string of the molecule is C[C@@]1(O)C[C@@H]2C[C@H]1c1c2c(O)n(C[C@@H]2CCCC[C@H]2CN2CCN(c3nsc4ccccc34)CC2)c1O. The fourth-order valence-electron chi connectivity index (χ4n) is 8.04. The fraction of sp³-hybridized carbons (Fsp3) is 0.621. The Kier molecular flexibility index (Phi) is 5.72. The van der Waals surface area contributed by atoms with Crippen LogP contribution in [0, 0.1) is 11.8 Å². The van der Waals surface area contributed by atoms with E-state index in [1.807, 2.05) is 6.92 Å². The predicted octanol–water partition coefficient (Wildman–Crippen LogP) is 4.86. The topological polar surface area (TPSA) is 85.0 Å². The zero-order chi connectivity index (χ0) is 25.3. The van der Waals surface area contributed by atoms with E-state index in [4.69, 9.17) is 4.37 Å². The molecular formula is C29H38N4O3S. The average molecular weight is 523 g/mol. The Balaban J connectivity index is 1.03. The maximum absolute atomic E-state index is 11.2. The lowest BCUT2D eigenvalue weighted by Gasteiger charge is -2.40. The van der Waals surface area contributed by atoms with E-state index in [1.54, 1.807) is 16.1 Å². The van der Waals surface area contributed by atoms with Gasteiger partial charge in [0, 0.05) is 61.7 Å². The van der Waals surface area contributed by atoms with Crippen molar-refractivity contribution in [1.82, 2.24) is 13.8 Å². The Bertz CT molecular complexity index is 1310. The molecule has 3 N–H and O–H groups in total. The summed E-state index contributed by atoms with van der Waals surface area (Å²) in [6.07, 6.45) is 6.35. The summed E-state index contributed by atoms with van der Waals surface area (Å²) >= 11 is 1.59. The van der Waals surface area contributed by atoms with E-state index in [0.29, 0.717) is 24.8 Å². The average Bonchev–Trinajstić information content (AvgIpc) is 3.62. The normalized spacial score (nSPS) is 31.9. The zero-order valence-electron chi connectivity index (χ0n) is 21.6. The Hall–Kier alpha value is -2.29. The number of aliphatic hydroxyl groups is 1. The van der Waals surface area contributed by atoms with Gasteiger partial charge in [0.1, 0.15) is 5.82 Å². The highest BCUT2D eigenvalue weighted by molar-refractivity contribution is 7.13. The zero-order valence-corrected chi connectivity index (χ0v) is 22.5. The monoisotopic (exact) mass is 522 g/mol. The van der Waals surface area contributed by atoms with Crippen LogP contribution in [0.1, 0.15) is 68.4 Å². The molecule has 7 rings (SSSR count). The quantitative estimate of drug-likeness (QED) is 0.444. The highest BCUT2D eigenvalue weighted by Gasteiger charge is 2.54. The number of fused-ring (bicyclic) bond motifs is 6. The molecule has 1 aliphatic heterocycles. The number of nitrogens with zero attached hydrogens (tertiary/aromatic N) is 4. The van der Waals surface area contributed by atoms with Gasteiger partial charge in [0.2, 0.25) is 0 Å². The molecule has 2 bridgehead atoms. The molecule has 2 saturated carbocycles. The molecule has 0 spiro atoms. The number of rotatable bonds is 5. The molecule has 8 heteroatoms. The van der Waals surface area contributed by atoms with Crippen LogP contribution in [0.15, 0.2) is 24.3 Å². The highest BCUT2D eigenvalue weighted by Crippen LogP contribution is 2.63. The first kappa shape index (κ1) is 23.8. The van der Waals surface area contributed by atoms with Crippen molar-refractivity contribution in [3.63, 3.8) is 0 Å². The largest absolute Gasteiger partial charge is 0.494 e. The number of aromatic hydroxyl groups is 2. The van der Waals surface area contributed by atoms with Gasteiger partial charge in [-0.15, -0.1) is 0 Å². The number of hydrogen-bond donors (Lipinski definition) is 3. The second-order valence-electron chi connectivity index (χ2n) is 12.2. The first-order valence-corrected chi connectivity index (χ1v) is 14.9. The molecule has 3 fully saturated rings. The second-order valence-corrected chi connectivity index (χ2v) is 13.0. The number of aromatic nitrogens is 2. The molecule has 1 aromatic carbocycles. The summed E-state index contributed by atoms with van der Waals surface area (Å²) in [5.41, 5.74) is 0.942. The van der Waals surface area contributed by atoms with Gasteiger partial charge in [0.15, 0.2) is 11.8 Å². The maximum Gasteiger partial charge on any atom is 0.197 e. The van der Waals surface area contributed by atoms with Crippen molar-refractivity contribution in [3.05, 3.63) is 35.4 Å². The molecular weight excluding hydrogens is 484 g/mol. The van der Waals surface area contributed by atoms with Gasteiger partial charge in [-0.05, 0) is 74.0 Å². The van der Waals surface area contributed by atoms with Crippen molar-refractivity contribution < 1.29 is 15.3 Å². The van der Waals surface area contributed by atoms with Crippen LogP contribution in [-0.2, 0) is 6.54 Å². The second kappa shape index (κ2) is 8.89. The Labute approximate surface area is 222 Å². The van der Waals surface area contributed by atoms with Gasteiger partial charge >= 0.3 is 0 Å². The van der Waals surface area contributed by atoms with Crippen LogP contribution in [0.25, 0.3) is 10.1 Å². The van der Waals surface area contributed by atoms with Crippen molar-refractivity contribution in [2.75, 3.05) is 37.6 Å². The number of hydrogen-bond acceptors (Lipinski definition) is 7. The van der Waals surface area contributed by atoms with Crippen molar-refractivity contribution in [2.24, 2.45) is 11.8 Å². The van der Waals surface area contributed by atoms with Crippen LogP contribution in [0.5, 0.6) is 11.8 Å². The van der Waals surface area contributed by atoms with Crippen LogP contribution >= 0.6 is 11.5 Å². The van der Waals surface area contributed by atoms with Gasteiger partial charge in [-0.1, -0.05) is 25.0 Å². The first-order chi connectivity index (χ1) is 17.9. The molecule has 0 unspecified atom stereocenters. The van der Waals surface area contributed by atoms with Crippen LogP contribution in [0.4, 0.5) is 5.82 Å². The number of piperazine rings is 1. The van der Waals surface area contributed by atoms with E-state index in [1.165, 1.54) is 29.3 Å². The predicted molar refractivity (Wildman–Crippen MR) is 147 cm³/mol. The molecule has 37 heavy (non-hydrogen) atoms. The summed E-state index contributed by atoms with van der Waals surface area (Å²) in [5.74, 6) is 2.70. The first-order valence-electron chi connectivity index (χ1n) is 14.1. The van der Waals surface area contributed by atoms with Crippen molar-refractivity contribution in [1.29, 1.82) is 0 Å². The summed E-state index contributed by atoms with van der Waals surface area (Å²) in [6.45, 7) is 7.71. The summed E-state index contributed by atoms with van der Waals surface area (Å²) in [5, 5.41) is 34.4. The van der Waals surface area contributed by atoms with Gasteiger partial charge in [0.25, 0.3) is 0 Å². The van der Waals surface area contributed by atoms with E-state index in [0.717, 1.165) is 62.5 Å². The minimum atomic E-state index is -0.784. The minimum absolute atomic E-state index is 0.0621. The fourth-order valence-corrected chi connectivity index (χ4v) is 8.83. The summed E-state index contributed by atoms with van der Waals surface area (Å²) in [4.78, 5) is 5.05. The highest BCUT2D eigenvalue weighted by atomic mass is 32.1. The Morgan fingerprint density at radius 1 is 0.973 bits per heavy atom. The van der Waals surface area contributed by atoms with Gasteiger partial charge < -0.3 is 20.2 Å². The number of anilines is 1. The lowest BCUT2D eigenvalue weighted by atomic mass is 9.78. The van der Waals surface area contributed by atoms with Crippen molar-refractivity contribution >= 4 is 27.4 Å². The molecule has 7 nitrogen and oxygen atoms in total. The van der Waals surface area contributed by atoms with E-state index < -0.39 is 5.60 Å². The van der Waals surface area contributed by atoms with Crippen LogP contribution in [-0.4, -0.2) is 67.5 Å². The third kappa shape index (κ3) is 3.86. The Morgan fingerprint density at radius 3 is 2.46 bits per heavy atom. The molecule has 3 aliphatic carbocycles. The van der Waals surface area contributed by atoms with Gasteiger partial charge in [-0.2, -0.15) is 4.37 Å². The van der Waals surface area contributed by atoms with E-state index in [-0.39, 0.29) is 23.6 Å². The van der Waals surface area contributed by atoms with Crippen LogP contribution in [0.3, 0.4) is 0 Å². The molecule has 3 heterocycles. The number of benzene rings is 1. The van der Waals surface area contributed by atoms with E-state index in [2.05, 4.69) is 34.1 Å². The minimum Gasteiger partial charge on any atom is -0.494 e. The smallest absolute Gasteiger partial charge is 0.197 e. The van der Waals surface area contributed by atoms with E-state index >= 15 is 0 Å². The Morgan fingerprint density at radius 2 is 1.68 bits per heavy atom. The summed E-state index contributed by atoms with van der Waals surface area (Å²) < 4.78 is 7.79. The maximum atomic E-state index is 11.2. The van der Waals surface area contributed by atoms with Crippen LogP contribution < -0.4 is 4.90 Å². The molecule has 2 aromatic heterocycles. The van der Waals surface area contributed by atoms with Gasteiger partial charge in [-0.3, -0.25) is 9.47 Å². The standard InChI is InChI=1S/C29H38N4O3S/c1-29(36)15-20-14-22(29)25-24(20)27(34)33(28(25)35)17-19-7-3-2-6-18(19)16-31-10-12-32(13-11-31)26-21-8-4-5-9-23(21)37-30-26/h4-5,8-9,18-20,22,34-36H,2-3,6-7,10-17H2,1H3/t18-,19-,20-,22-,29+/m0/s1. The van der Waals surface area contributed by atoms with Crippen LogP contribution in [0.2, 0.25) is 0 Å². The van der Waals surface area contributed by atoms with Gasteiger partial charge in [-0.25, -0.2) is 0 Å². The summed E-state index contributed by atoms with van der Waals surface area (Å²) in [6, 6.07) is 8.51. The van der Waals surface area contributed by atoms with Gasteiger partial charge in [0.05, 0.1) is 10.3 Å². The molecule has 1 saturated heterocycles. The molecule has 4 aliphatic rings. The van der Waals surface area contributed by atoms with Crippen molar-refractivity contribution in [2.45, 2.75) is 69.4 Å². The molecule has 5 atom stereocenters. The van der Waals surface area contributed by atoms with E-state index in [9.17, 15) is 15.3 Å². The lowest BCUT2D eigenvalue weighted by molar-refractivity contribution is 0.0438. The molecule has 0 radical (unpaired) electrons. The molecule has 198 valence electrons.